The number of carbonyl (C=O) groups is 1. The molecule has 1 N–H and O–H groups in total. The molecule has 0 saturated carbocycles. The van der Waals surface area contributed by atoms with Crippen molar-refractivity contribution in [2.24, 2.45) is 0 Å². The monoisotopic (exact) mass is 281 g/mol. The van der Waals surface area contributed by atoms with Gasteiger partial charge in [-0.25, -0.2) is 9.67 Å². The third kappa shape index (κ3) is 3.58. The highest BCUT2D eigenvalue weighted by Crippen LogP contribution is 2.12. The molecule has 19 heavy (non-hydrogen) atoms. The lowest BCUT2D eigenvalue weighted by molar-refractivity contribution is -0.127. The Kier molecular flexibility index (Phi) is 4.23. The van der Waals surface area contributed by atoms with Gasteiger partial charge in [-0.05, 0) is 0 Å². The first-order valence-electron chi connectivity index (χ1n) is 5.72. The Hall–Kier alpha value is -1.80. The van der Waals surface area contributed by atoms with Crippen molar-refractivity contribution in [2.75, 3.05) is 14.1 Å². The average Bonchev–Trinajstić information content (AvgIpc) is 2.99. The Morgan fingerprint density at radius 3 is 2.89 bits per heavy atom. The molecule has 0 bridgehead atoms. The van der Waals surface area contributed by atoms with Crippen LogP contribution in [0, 0.1) is 0 Å². The van der Waals surface area contributed by atoms with E-state index in [9.17, 15) is 4.79 Å². The lowest BCUT2D eigenvalue weighted by Crippen LogP contribution is -2.23. The lowest BCUT2D eigenvalue weighted by Gasteiger charge is -2.07. The molecule has 2 aromatic rings. The van der Waals surface area contributed by atoms with Gasteiger partial charge in [-0.1, -0.05) is 5.21 Å². The van der Waals surface area contributed by atoms with Crippen LogP contribution in [-0.2, 0) is 24.4 Å². The van der Waals surface area contributed by atoms with Gasteiger partial charge in [0.25, 0.3) is 0 Å². The molecule has 1 amide bonds. The quantitative estimate of drug-likeness (QED) is 0.827. The number of aliphatic hydroxyl groups is 1. The van der Waals surface area contributed by atoms with Crippen molar-refractivity contribution < 1.29 is 9.90 Å². The Bertz CT molecular complexity index is 563. The maximum absolute atomic E-state index is 11.6. The summed E-state index contributed by atoms with van der Waals surface area (Å²) in [6.45, 7) is 0.360. The largest absolute Gasteiger partial charge is 0.390 e. The van der Waals surface area contributed by atoms with E-state index in [0.29, 0.717) is 18.7 Å². The first-order chi connectivity index (χ1) is 9.08. The number of rotatable bonds is 5. The molecule has 0 spiro atoms. The van der Waals surface area contributed by atoms with Gasteiger partial charge in [0.15, 0.2) is 0 Å². The van der Waals surface area contributed by atoms with E-state index in [4.69, 9.17) is 5.11 Å². The summed E-state index contributed by atoms with van der Waals surface area (Å²) in [4.78, 5) is 17.5. The van der Waals surface area contributed by atoms with Crippen LogP contribution < -0.4 is 0 Å². The molecular formula is C11H15N5O2S. The van der Waals surface area contributed by atoms with E-state index < -0.39 is 0 Å². The molecule has 2 aromatic heterocycles. The van der Waals surface area contributed by atoms with Crippen LogP contribution in [0.2, 0.25) is 0 Å². The third-order valence-corrected chi connectivity index (χ3v) is 3.37. The molecular weight excluding hydrogens is 266 g/mol. The molecule has 0 saturated heterocycles. The minimum absolute atomic E-state index is 0.0317. The highest BCUT2D eigenvalue weighted by atomic mass is 32.1. The number of amides is 1. The highest BCUT2D eigenvalue weighted by Gasteiger charge is 2.10. The molecule has 0 fully saturated rings. The van der Waals surface area contributed by atoms with Crippen molar-refractivity contribution in [3.8, 4) is 0 Å². The van der Waals surface area contributed by atoms with Gasteiger partial charge < -0.3 is 10.0 Å². The van der Waals surface area contributed by atoms with Gasteiger partial charge in [0, 0.05) is 19.5 Å². The number of carbonyl (C=O) groups excluding carboxylic acids is 1. The second-order valence-electron chi connectivity index (χ2n) is 4.26. The molecule has 2 heterocycles. The van der Waals surface area contributed by atoms with E-state index in [0.717, 1.165) is 10.7 Å². The summed E-state index contributed by atoms with van der Waals surface area (Å²) in [6.07, 6.45) is 1.99. The molecule has 7 nitrogen and oxygen atoms in total. The fraction of sp³-hybridized carbons (Fsp3) is 0.455. The second-order valence-corrected chi connectivity index (χ2v) is 5.21. The maximum Gasteiger partial charge on any atom is 0.228 e. The van der Waals surface area contributed by atoms with Crippen molar-refractivity contribution in [3.63, 3.8) is 0 Å². The van der Waals surface area contributed by atoms with E-state index in [1.54, 1.807) is 29.9 Å². The highest BCUT2D eigenvalue weighted by molar-refractivity contribution is 7.09. The molecule has 8 heteroatoms. The number of aliphatic hydroxyl groups excluding tert-OH is 1. The zero-order valence-corrected chi connectivity index (χ0v) is 11.6. The standard InChI is InChI=1S/C11H15N5O2S/c1-15(2)11(18)3-10-12-9(7-19-10)5-16-4-8(6-17)13-14-16/h4,7,17H,3,5-6H2,1-2H3. The summed E-state index contributed by atoms with van der Waals surface area (Å²) in [7, 11) is 3.45. The number of hydrogen-bond donors (Lipinski definition) is 1. The SMILES string of the molecule is CN(C)C(=O)Cc1nc(Cn2cc(CO)nn2)cs1. The van der Waals surface area contributed by atoms with Crippen molar-refractivity contribution in [2.45, 2.75) is 19.6 Å². The van der Waals surface area contributed by atoms with Crippen LogP contribution >= 0.6 is 11.3 Å². The summed E-state index contributed by atoms with van der Waals surface area (Å²) in [5, 5.41) is 19.3. The lowest BCUT2D eigenvalue weighted by atomic mass is 10.4. The van der Waals surface area contributed by atoms with E-state index in [2.05, 4.69) is 15.3 Å². The van der Waals surface area contributed by atoms with Gasteiger partial charge in [-0.3, -0.25) is 4.79 Å². The van der Waals surface area contributed by atoms with Gasteiger partial charge in [-0.2, -0.15) is 0 Å². The first-order valence-corrected chi connectivity index (χ1v) is 6.59. The summed E-state index contributed by atoms with van der Waals surface area (Å²) in [5.41, 5.74) is 1.36. The summed E-state index contributed by atoms with van der Waals surface area (Å²) in [5.74, 6) is 0.0317. The normalized spacial score (nSPS) is 10.7. The topological polar surface area (TPSA) is 84.1 Å². The molecule has 2 rings (SSSR count). The van der Waals surface area contributed by atoms with Gasteiger partial charge in [-0.15, -0.1) is 16.4 Å². The zero-order chi connectivity index (χ0) is 13.8. The van der Waals surface area contributed by atoms with Crippen molar-refractivity contribution in [3.05, 3.63) is 28.0 Å². The fourth-order valence-electron chi connectivity index (χ4n) is 1.44. The van der Waals surface area contributed by atoms with E-state index in [1.807, 2.05) is 5.38 Å². The minimum atomic E-state index is -0.125. The molecule has 102 valence electrons. The Labute approximate surface area is 114 Å². The molecule has 0 aliphatic heterocycles. The Balaban J connectivity index is 1.99. The molecule has 0 aliphatic carbocycles. The van der Waals surface area contributed by atoms with Gasteiger partial charge in [0.2, 0.25) is 5.91 Å². The van der Waals surface area contributed by atoms with Crippen LogP contribution in [-0.4, -0.2) is 50.0 Å². The average molecular weight is 281 g/mol. The van der Waals surface area contributed by atoms with Crippen LogP contribution in [0.25, 0.3) is 0 Å². The first kappa shape index (κ1) is 13.6. The predicted molar refractivity (Wildman–Crippen MR) is 69.6 cm³/mol. The maximum atomic E-state index is 11.6. The van der Waals surface area contributed by atoms with Gasteiger partial charge >= 0.3 is 0 Å². The number of nitrogens with zero attached hydrogens (tertiary/aromatic N) is 5. The van der Waals surface area contributed by atoms with Crippen LogP contribution in [0.3, 0.4) is 0 Å². The Morgan fingerprint density at radius 2 is 2.26 bits per heavy atom. The molecule has 0 aliphatic rings. The zero-order valence-electron chi connectivity index (χ0n) is 10.8. The van der Waals surface area contributed by atoms with Crippen molar-refractivity contribution in [1.29, 1.82) is 0 Å². The third-order valence-electron chi connectivity index (χ3n) is 2.47. The molecule has 0 unspecified atom stereocenters. The number of thiazole rings is 1. The minimum Gasteiger partial charge on any atom is -0.390 e. The predicted octanol–water partition coefficient (Wildman–Crippen LogP) is -0.0941. The van der Waals surface area contributed by atoms with E-state index in [-0.39, 0.29) is 12.5 Å². The number of likely N-dealkylation sites (N-methyl/N-ethyl adjacent to an activating group) is 1. The molecule has 0 atom stereocenters. The van der Waals surface area contributed by atoms with Gasteiger partial charge in [0.1, 0.15) is 10.7 Å². The summed E-state index contributed by atoms with van der Waals surface area (Å²) in [6, 6.07) is 0. The summed E-state index contributed by atoms with van der Waals surface area (Å²) < 4.78 is 1.61. The van der Waals surface area contributed by atoms with Gasteiger partial charge in [0.05, 0.1) is 31.5 Å². The number of hydrogen-bond acceptors (Lipinski definition) is 6. The van der Waals surface area contributed by atoms with Crippen LogP contribution in [0.5, 0.6) is 0 Å². The molecule has 0 aromatic carbocycles. The van der Waals surface area contributed by atoms with Crippen LogP contribution in [0.1, 0.15) is 16.4 Å². The Morgan fingerprint density at radius 1 is 1.47 bits per heavy atom. The number of aromatic nitrogens is 4. The smallest absolute Gasteiger partial charge is 0.228 e. The molecule has 0 radical (unpaired) electrons. The van der Waals surface area contributed by atoms with Crippen LogP contribution in [0.4, 0.5) is 0 Å². The fourth-order valence-corrected chi connectivity index (χ4v) is 2.22. The van der Waals surface area contributed by atoms with Crippen molar-refractivity contribution >= 4 is 17.2 Å². The van der Waals surface area contributed by atoms with E-state index in [1.165, 1.54) is 11.3 Å². The second kappa shape index (κ2) is 5.89. The van der Waals surface area contributed by atoms with Crippen molar-refractivity contribution in [1.82, 2.24) is 24.9 Å². The van der Waals surface area contributed by atoms with Crippen LogP contribution in [0.15, 0.2) is 11.6 Å². The van der Waals surface area contributed by atoms with E-state index >= 15 is 0 Å². The summed E-state index contributed by atoms with van der Waals surface area (Å²) >= 11 is 1.46.